The number of halogens is 2. The van der Waals surface area contributed by atoms with Crippen LogP contribution in [0.5, 0.6) is 0 Å². The molecule has 0 fully saturated rings. The molecular formula is C22H19BrClN5OS. The van der Waals surface area contributed by atoms with E-state index in [1.165, 1.54) is 0 Å². The second-order valence-corrected chi connectivity index (χ2v) is 8.79. The summed E-state index contributed by atoms with van der Waals surface area (Å²) in [6.45, 7) is 0.976. The van der Waals surface area contributed by atoms with Gasteiger partial charge in [0.05, 0.1) is 16.4 Å². The molecule has 9 heteroatoms. The van der Waals surface area contributed by atoms with E-state index < -0.39 is 0 Å². The molecule has 0 saturated heterocycles. The van der Waals surface area contributed by atoms with Crippen LogP contribution in [0.1, 0.15) is 10.4 Å². The molecule has 158 valence electrons. The highest BCUT2D eigenvalue weighted by atomic mass is 79.9. The molecule has 1 amide bonds. The van der Waals surface area contributed by atoms with Gasteiger partial charge in [0.2, 0.25) is 0 Å². The molecule has 0 unspecified atom stereocenters. The molecule has 4 aromatic rings. The quantitative estimate of drug-likeness (QED) is 0.255. The fourth-order valence-corrected chi connectivity index (χ4v) is 4.07. The molecule has 2 aromatic carbocycles. The zero-order valence-electron chi connectivity index (χ0n) is 16.6. The van der Waals surface area contributed by atoms with E-state index in [0.29, 0.717) is 29.3 Å². The number of carbonyl (C=O) groups excluding carboxylic acids is 1. The second kappa shape index (κ2) is 9.72. The van der Waals surface area contributed by atoms with Gasteiger partial charge < -0.3 is 10.6 Å². The molecule has 2 aromatic heterocycles. The van der Waals surface area contributed by atoms with Crippen molar-refractivity contribution in [3.8, 4) is 11.3 Å². The smallest absolute Gasteiger partial charge is 0.251 e. The highest BCUT2D eigenvalue weighted by Gasteiger charge is 2.13. The Morgan fingerprint density at radius 2 is 1.94 bits per heavy atom. The molecule has 0 aliphatic rings. The molecule has 0 aliphatic heterocycles. The Labute approximate surface area is 197 Å². The van der Waals surface area contributed by atoms with Crippen LogP contribution in [0.4, 0.5) is 5.82 Å². The number of hydrogen-bond acceptors (Lipinski definition) is 5. The van der Waals surface area contributed by atoms with Crippen molar-refractivity contribution in [2.45, 2.75) is 4.90 Å². The number of amides is 1. The maximum atomic E-state index is 12.4. The maximum Gasteiger partial charge on any atom is 0.251 e. The number of rotatable bonds is 7. The summed E-state index contributed by atoms with van der Waals surface area (Å²) in [5.74, 6) is 0.650. The molecule has 6 nitrogen and oxygen atoms in total. The number of anilines is 1. The van der Waals surface area contributed by atoms with Crippen LogP contribution in [0.25, 0.3) is 16.9 Å². The first-order chi connectivity index (χ1) is 15.1. The first-order valence-electron chi connectivity index (χ1n) is 9.52. The van der Waals surface area contributed by atoms with Crippen LogP contribution < -0.4 is 10.6 Å². The van der Waals surface area contributed by atoms with Crippen LogP contribution in [0.3, 0.4) is 0 Å². The Morgan fingerprint density at radius 3 is 2.68 bits per heavy atom. The molecule has 2 heterocycles. The predicted molar refractivity (Wildman–Crippen MR) is 130 cm³/mol. The molecule has 0 aliphatic carbocycles. The van der Waals surface area contributed by atoms with Gasteiger partial charge in [-0.3, -0.25) is 4.79 Å². The summed E-state index contributed by atoms with van der Waals surface area (Å²) in [5.41, 5.74) is 2.89. The summed E-state index contributed by atoms with van der Waals surface area (Å²) < 4.78 is 2.50. The number of nitrogens with one attached hydrogen (secondary N) is 2. The third kappa shape index (κ3) is 4.87. The Morgan fingerprint density at radius 1 is 1.16 bits per heavy atom. The van der Waals surface area contributed by atoms with Gasteiger partial charge in [-0.25, -0.2) is 4.98 Å². The lowest BCUT2D eigenvalue weighted by molar-refractivity contribution is 0.0955. The van der Waals surface area contributed by atoms with Crippen molar-refractivity contribution in [1.29, 1.82) is 0 Å². The zero-order valence-corrected chi connectivity index (χ0v) is 19.8. The van der Waals surface area contributed by atoms with Crippen LogP contribution in [0.15, 0.2) is 70.2 Å². The topological polar surface area (TPSA) is 71.3 Å². The molecule has 0 bridgehead atoms. The van der Waals surface area contributed by atoms with Gasteiger partial charge in [0.1, 0.15) is 5.82 Å². The molecular weight excluding hydrogens is 498 g/mol. The summed E-state index contributed by atoms with van der Waals surface area (Å²) in [7, 11) is 0. The molecule has 2 N–H and O–H groups in total. The van der Waals surface area contributed by atoms with E-state index in [2.05, 4.69) is 31.7 Å². The highest BCUT2D eigenvalue weighted by Crippen LogP contribution is 2.30. The Kier molecular flexibility index (Phi) is 6.80. The predicted octanol–water partition coefficient (Wildman–Crippen LogP) is 5.38. The van der Waals surface area contributed by atoms with Gasteiger partial charge in [0, 0.05) is 40.2 Å². The first-order valence-corrected chi connectivity index (χ1v) is 11.9. The standard InChI is InChI=1S/C22H19BrClN5OS/c1-31-15-8-6-14(7-9-15)22(30)26-11-10-25-20-12-19(16-4-2-3-5-18(16)24)28-21-17(23)13-27-29(20)21/h2-9,12-13,25H,10-11H2,1H3,(H,26,30). The molecule has 0 radical (unpaired) electrons. The van der Waals surface area contributed by atoms with Gasteiger partial charge >= 0.3 is 0 Å². The number of fused-ring (bicyclic) bond motifs is 1. The fourth-order valence-electron chi connectivity index (χ4n) is 3.08. The molecule has 0 spiro atoms. The van der Waals surface area contributed by atoms with E-state index in [-0.39, 0.29) is 5.91 Å². The average Bonchev–Trinajstić information content (AvgIpc) is 3.17. The number of carbonyl (C=O) groups is 1. The summed E-state index contributed by atoms with van der Waals surface area (Å²) in [6, 6.07) is 17.0. The Bertz CT molecular complexity index is 1230. The normalized spacial score (nSPS) is 10.9. The van der Waals surface area contributed by atoms with Crippen molar-refractivity contribution in [1.82, 2.24) is 19.9 Å². The van der Waals surface area contributed by atoms with Gasteiger partial charge in [-0.15, -0.1) is 11.8 Å². The highest BCUT2D eigenvalue weighted by molar-refractivity contribution is 9.10. The van der Waals surface area contributed by atoms with Gasteiger partial charge in [0.25, 0.3) is 5.91 Å². The van der Waals surface area contributed by atoms with Gasteiger partial charge in [-0.1, -0.05) is 29.8 Å². The van der Waals surface area contributed by atoms with Crippen LogP contribution >= 0.6 is 39.3 Å². The lowest BCUT2D eigenvalue weighted by atomic mass is 10.1. The van der Waals surface area contributed by atoms with Crippen LogP contribution in [0, 0.1) is 0 Å². The molecule has 0 saturated carbocycles. The van der Waals surface area contributed by atoms with E-state index in [4.69, 9.17) is 16.6 Å². The summed E-state index contributed by atoms with van der Waals surface area (Å²) >= 11 is 11.5. The van der Waals surface area contributed by atoms with Crippen molar-refractivity contribution >= 4 is 56.7 Å². The van der Waals surface area contributed by atoms with Gasteiger partial charge in [0.15, 0.2) is 5.65 Å². The molecule has 0 atom stereocenters. The number of aromatic nitrogens is 3. The van der Waals surface area contributed by atoms with E-state index in [0.717, 1.165) is 26.4 Å². The van der Waals surface area contributed by atoms with Crippen LogP contribution in [-0.2, 0) is 0 Å². The number of hydrogen-bond donors (Lipinski definition) is 2. The largest absolute Gasteiger partial charge is 0.368 e. The third-order valence-corrected chi connectivity index (χ3v) is 6.28. The number of thioether (sulfide) groups is 1. The van der Waals surface area contributed by atoms with E-state index in [1.807, 2.05) is 60.9 Å². The molecule has 31 heavy (non-hydrogen) atoms. The van der Waals surface area contributed by atoms with Crippen molar-refractivity contribution in [2.75, 3.05) is 24.7 Å². The minimum atomic E-state index is -0.104. The maximum absolute atomic E-state index is 12.4. The minimum absolute atomic E-state index is 0.104. The van der Waals surface area contributed by atoms with Gasteiger partial charge in [-0.2, -0.15) is 9.61 Å². The van der Waals surface area contributed by atoms with E-state index >= 15 is 0 Å². The summed E-state index contributed by atoms with van der Waals surface area (Å²) in [4.78, 5) is 18.2. The van der Waals surface area contributed by atoms with Crippen molar-refractivity contribution in [3.63, 3.8) is 0 Å². The zero-order chi connectivity index (χ0) is 21.8. The van der Waals surface area contributed by atoms with Gasteiger partial charge in [-0.05, 0) is 52.5 Å². The monoisotopic (exact) mass is 515 g/mol. The van der Waals surface area contributed by atoms with E-state index in [1.54, 1.807) is 22.5 Å². The van der Waals surface area contributed by atoms with Crippen molar-refractivity contribution in [2.24, 2.45) is 0 Å². The van der Waals surface area contributed by atoms with Crippen molar-refractivity contribution in [3.05, 3.63) is 75.9 Å². The first kappa shape index (κ1) is 21.7. The Balaban J connectivity index is 1.48. The fraction of sp³-hybridized carbons (Fsp3) is 0.136. The summed E-state index contributed by atoms with van der Waals surface area (Å²) in [6.07, 6.45) is 3.70. The third-order valence-electron chi connectivity index (χ3n) is 4.65. The van der Waals surface area contributed by atoms with Crippen LogP contribution in [0.2, 0.25) is 5.02 Å². The number of benzene rings is 2. The second-order valence-electron chi connectivity index (χ2n) is 6.65. The van der Waals surface area contributed by atoms with Crippen molar-refractivity contribution < 1.29 is 4.79 Å². The lowest BCUT2D eigenvalue weighted by Gasteiger charge is -2.12. The lowest BCUT2D eigenvalue weighted by Crippen LogP contribution is -2.29. The SMILES string of the molecule is CSc1ccc(C(=O)NCCNc2cc(-c3ccccc3Cl)nc3c(Br)cnn23)cc1. The number of nitrogens with zero attached hydrogens (tertiary/aromatic N) is 3. The van der Waals surface area contributed by atoms with Crippen LogP contribution in [-0.4, -0.2) is 39.9 Å². The minimum Gasteiger partial charge on any atom is -0.368 e. The van der Waals surface area contributed by atoms with E-state index in [9.17, 15) is 4.79 Å². The average molecular weight is 517 g/mol. The summed E-state index contributed by atoms with van der Waals surface area (Å²) in [5, 5.41) is 11.3. The Hall–Kier alpha value is -2.55. The molecule has 4 rings (SSSR count).